The van der Waals surface area contributed by atoms with Gasteiger partial charge in [-0.3, -0.25) is 0 Å². The van der Waals surface area contributed by atoms with Crippen molar-refractivity contribution in [2.75, 3.05) is 19.7 Å². The third-order valence-corrected chi connectivity index (χ3v) is 4.30. The van der Waals surface area contributed by atoms with Gasteiger partial charge in [0.2, 0.25) is 0 Å². The first kappa shape index (κ1) is 20.9. The lowest BCUT2D eigenvalue weighted by molar-refractivity contribution is -0.241. The fraction of sp³-hybridized carbons (Fsp3) is 0.714. The Bertz CT molecular complexity index is 639. The van der Waals surface area contributed by atoms with E-state index >= 15 is 0 Å². The Labute approximate surface area is 149 Å². The molecule has 0 unspecified atom stereocenters. The number of alkyl halides is 7. The predicted molar refractivity (Wildman–Crippen MR) is 80.4 cm³/mol. The van der Waals surface area contributed by atoms with Gasteiger partial charge in [-0.05, 0) is 18.4 Å². The van der Waals surface area contributed by atoms with Crippen LogP contribution in [0.15, 0.2) is 6.08 Å². The molecule has 26 heavy (non-hydrogen) atoms. The molecule has 0 aliphatic carbocycles. The van der Waals surface area contributed by atoms with Crippen LogP contribution in [0.25, 0.3) is 5.57 Å². The first-order valence-corrected chi connectivity index (χ1v) is 8.37. The number of aromatic nitrogens is 2. The van der Waals surface area contributed by atoms with Crippen molar-refractivity contribution in [3.8, 4) is 5.88 Å². The molecule has 1 aliphatic heterocycles. The topological polar surface area (TPSA) is 38.3 Å². The van der Waals surface area contributed by atoms with Crippen molar-refractivity contribution < 1.29 is 35.5 Å². The van der Waals surface area contributed by atoms with Gasteiger partial charge in [0.15, 0.2) is 0 Å². The molecule has 1 aromatic rings. The maximum Gasteiger partial charge on any atom is 0.460 e. The van der Waals surface area contributed by atoms with Gasteiger partial charge in [0, 0.05) is 26.4 Å². The second-order valence-electron chi connectivity index (χ2n) is 5.87. The zero-order chi connectivity index (χ0) is 19.6. The molecule has 0 spiro atoms. The number of rotatable bonds is 7. The maximum absolute atomic E-state index is 13.2. The number of nitrogens with zero attached hydrogens (tertiary/aromatic N) is 3. The molecule has 0 saturated heterocycles. The minimum atomic E-state index is -4.49. The summed E-state index contributed by atoms with van der Waals surface area (Å²) in [5.74, 6) is -8.40. The fourth-order valence-electron chi connectivity index (χ4n) is 2.29. The minimum Gasteiger partial charge on any atom is -0.475 e. The van der Waals surface area contributed by atoms with Gasteiger partial charge in [-0.25, -0.2) is 13.7 Å². The molecule has 148 valence electrons. The summed E-state index contributed by atoms with van der Waals surface area (Å²) in [6.45, 7) is -0.801. The minimum absolute atomic E-state index is 0.0863. The summed E-state index contributed by atoms with van der Waals surface area (Å²) in [4.78, 5) is 0.315. The van der Waals surface area contributed by atoms with E-state index in [1.165, 1.54) is 0 Å². The normalized spacial score (nSPS) is 17.3. The van der Waals surface area contributed by atoms with Crippen LogP contribution >= 0.6 is 11.7 Å². The Kier molecular flexibility index (Phi) is 6.16. The van der Waals surface area contributed by atoms with Crippen molar-refractivity contribution in [3.05, 3.63) is 11.8 Å². The lowest BCUT2D eigenvalue weighted by Gasteiger charge is -2.28. The monoisotopic (exact) mass is 407 g/mol. The SMILES string of the molecule is CC(F)(F)C(F)(F)CCCOc1nsnc1C1=CCCN(C(F)(F)F)C1. The van der Waals surface area contributed by atoms with Gasteiger partial charge in [0.25, 0.3) is 5.88 Å². The van der Waals surface area contributed by atoms with Gasteiger partial charge in [0.1, 0.15) is 5.69 Å². The standard InChI is InChI=1S/C14H16F7N3OS/c1-12(15,16)13(17,18)5-3-7-25-11-10(22-26-23-11)9-4-2-6-24(8-9)14(19,20)21/h4H,2-3,5-8H2,1H3. The molecule has 2 rings (SSSR count). The first-order valence-electron chi connectivity index (χ1n) is 7.64. The highest BCUT2D eigenvalue weighted by Crippen LogP contribution is 2.37. The summed E-state index contributed by atoms with van der Waals surface area (Å²) in [7, 11) is 0. The van der Waals surface area contributed by atoms with Gasteiger partial charge in [-0.2, -0.15) is 26.3 Å². The van der Waals surface area contributed by atoms with E-state index < -0.39 is 31.1 Å². The Morgan fingerprint density at radius 1 is 1.15 bits per heavy atom. The molecule has 0 fully saturated rings. The van der Waals surface area contributed by atoms with E-state index in [0.717, 1.165) is 0 Å². The molecule has 12 heteroatoms. The second kappa shape index (κ2) is 7.67. The molecule has 2 heterocycles. The summed E-state index contributed by atoms with van der Waals surface area (Å²) in [6, 6.07) is 0. The summed E-state index contributed by atoms with van der Waals surface area (Å²) in [6.07, 6.45) is -4.21. The van der Waals surface area contributed by atoms with Gasteiger partial charge in [-0.1, -0.05) is 6.08 Å². The van der Waals surface area contributed by atoms with Crippen molar-refractivity contribution in [2.45, 2.75) is 44.3 Å². The molecule has 0 saturated carbocycles. The Morgan fingerprint density at radius 2 is 1.85 bits per heavy atom. The smallest absolute Gasteiger partial charge is 0.460 e. The van der Waals surface area contributed by atoms with Crippen molar-refractivity contribution >= 4 is 17.3 Å². The largest absolute Gasteiger partial charge is 0.475 e. The highest BCUT2D eigenvalue weighted by molar-refractivity contribution is 6.99. The lowest BCUT2D eigenvalue weighted by atomic mass is 10.1. The predicted octanol–water partition coefficient (Wildman–Crippen LogP) is 4.60. The Balaban J connectivity index is 1.94. The van der Waals surface area contributed by atoms with Crippen LogP contribution in [0.3, 0.4) is 0 Å². The average molecular weight is 407 g/mol. The van der Waals surface area contributed by atoms with Crippen LogP contribution in [0.2, 0.25) is 0 Å². The van der Waals surface area contributed by atoms with Crippen LogP contribution in [-0.4, -0.2) is 51.5 Å². The van der Waals surface area contributed by atoms with Gasteiger partial charge in [0.05, 0.1) is 18.3 Å². The molecule has 0 atom stereocenters. The highest BCUT2D eigenvalue weighted by Gasteiger charge is 2.51. The van der Waals surface area contributed by atoms with E-state index in [1.54, 1.807) is 6.08 Å². The van der Waals surface area contributed by atoms with E-state index in [0.29, 0.717) is 16.6 Å². The van der Waals surface area contributed by atoms with Crippen LogP contribution in [-0.2, 0) is 0 Å². The van der Waals surface area contributed by atoms with Crippen molar-refractivity contribution in [1.29, 1.82) is 0 Å². The van der Waals surface area contributed by atoms with Crippen molar-refractivity contribution in [2.24, 2.45) is 0 Å². The van der Waals surface area contributed by atoms with E-state index in [1.807, 2.05) is 0 Å². The molecule has 1 aromatic heterocycles. The fourth-order valence-corrected chi connectivity index (χ4v) is 2.82. The van der Waals surface area contributed by atoms with Crippen LogP contribution in [0, 0.1) is 0 Å². The zero-order valence-corrected chi connectivity index (χ0v) is 14.4. The molecule has 0 N–H and O–H groups in total. The second-order valence-corrected chi connectivity index (χ2v) is 6.40. The third kappa shape index (κ3) is 5.06. The lowest BCUT2D eigenvalue weighted by Crippen LogP contribution is -2.41. The van der Waals surface area contributed by atoms with E-state index in [-0.39, 0.29) is 50.1 Å². The Hall–Kier alpha value is -1.43. The quantitative estimate of drug-likeness (QED) is 0.376. The van der Waals surface area contributed by atoms with Crippen LogP contribution in [0.4, 0.5) is 30.7 Å². The first-order chi connectivity index (χ1) is 11.9. The van der Waals surface area contributed by atoms with Gasteiger partial charge >= 0.3 is 18.1 Å². The molecule has 0 aromatic carbocycles. The molecular formula is C14H16F7N3OS. The summed E-state index contributed by atoms with van der Waals surface area (Å²) >= 11 is 0.703. The zero-order valence-electron chi connectivity index (χ0n) is 13.6. The molecule has 4 nitrogen and oxygen atoms in total. The number of halogens is 7. The van der Waals surface area contributed by atoms with E-state index in [9.17, 15) is 30.7 Å². The Morgan fingerprint density at radius 3 is 2.46 bits per heavy atom. The van der Waals surface area contributed by atoms with Crippen LogP contribution in [0.1, 0.15) is 31.9 Å². The van der Waals surface area contributed by atoms with Gasteiger partial charge in [-0.15, -0.1) is 4.37 Å². The summed E-state index contributed by atoms with van der Waals surface area (Å²) in [5, 5.41) is 0. The third-order valence-electron chi connectivity index (χ3n) is 3.79. The number of hydrogen-bond acceptors (Lipinski definition) is 5. The molecule has 1 aliphatic rings. The van der Waals surface area contributed by atoms with Crippen molar-refractivity contribution in [1.82, 2.24) is 13.6 Å². The van der Waals surface area contributed by atoms with Crippen molar-refractivity contribution in [3.63, 3.8) is 0 Å². The molecule has 0 bridgehead atoms. The summed E-state index contributed by atoms with van der Waals surface area (Å²) < 4.78 is 103. The summed E-state index contributed by atoms with van der Waals surface area (Å²) in [5.41, 5.74) is 0.374. The highest BCUT2D eigenvalue weighted by atomic mass is 32.1. The number of ether oxygens (including phenoxy) is 1. The average Bonchev–Trinajstić information content (AvgIpc) is 2.98. The van der Waals surface area contributed by atoms with Crippen LogP contribution < -0.4 is 4.74 Å². The maximum atomic E-state index is 13.2. The van der Waals surface area contributed by atoms with Crippen LogP contribution in [0.5, 0.6) is 5.88 Å². The number of hydrogen-bond donors (Lipinski definition) is 0. The molecule has 0 radical (unpaired) electrons. The van der Waals surface area contributed by atoms with E-state index in [2.05, 4.69) is 8.75 Å². The molecular weight excluding hydrogens is 391 g/mol. The van der Waals surface area contributed by atoms with E-state index in [4.69, 9.17) is 4.74 Å². The molecule has 0 amide bonds. The van der Waals surface area contributed by atoms with Gasteiger partial charge < -0.3 is 4.74 Å².